The maximum absolute atomic E-state index is 11.1. The molecule has 1 rings (SSSR count). The monoisotopic (exact) mass is 195 g/mol. The fourth-order valence-electron chi connectivity index (χ4n) is 0.894. The van der Waals surface area contributed by atoms with Crippen molar-refractivity contribution in [1.82, 2.24) is 10.3 Å². The third-order valence-electron chi connectivity index (χ3n) is 1.70. The minimum Gasteiger partial charge on any atom is -0.394 e. The molecule has 14 heavy (non-hydrogen) atoms. The van der Waals surface area contributed by atoms with Crippen molar-refractivity contribution in [2.75, 3.05) is 6.61 Å². The van der Waals surface area contributed by atoms with Crippen LogP contribution in [0.2, 0.25) is 0 Å². The fraction of sp³-hybridized carbons (Fsp3) is 0.333. The Balaban J connectivity index is 2.38. The molecular formula is C9H13N3O2. The van der Waals surface area contributed by atoms with Crippen molar-refractivity contribution in [2.45, 2.75) is 12.6 Å². The van der Waals surface area contributed by atoms with E-state index in [-0.39, 0.29) is 12.5 Å². The van der Waals surface area contributed by atoms with Crippen LogP contribution >= 0.6 is 0 Å². The topological polar surface area (TPSA) is 88.2 Å². The van der Waals surface area contributed by atoms with Crippen molar-refractivity contribution < 1.29 is 9.90 Å². The van der Waals surface area contributed by atoms with E-state index in [1.165, 1.54) is 0 Å². The highest BCUT2D eigenvalue weighted by atomic mass is 16.3. The van der Waals surface area contributed by atoms with E-state index in [0.29, 0.717) is 6.54 Å². The van der Waals surface area contributed by atoms with Gasteiger partial charge >= 0.3 is 0 Å². The molecule has 1 amide bonds. The molecule has 1 heterocycles. The maximum Gasteiger partial charge on any atom is 0.239 e. The summed E-state index contributed by atoms with van der Waals surface area (Å²) in [6.07, 6.45) is 1.65. The Bertz CT molecular complexity index is 289. The summed E-state index contributed by atoms with van der Waals surface area (Å²) in [4.78, 5) is 15.1. The van der Waals surface area contributed by atoms with E-state index in [1.807, 2.05) is 6.07 Å². The summed E-state index contributed by atoms with van der Waals surface area (Å²) in [6.45, 7) is -0.0264. The number of nitrogens with one attached hydrogen (secondary N) is 1. The van der Waals surface area contributed by atoms with Crippen molar-refractivity contribution in [3.8, 4) is 0 Å². The van der Waals surface area contributed by atoms with Crippen LogP contribution in [0.5, 0.6) is 0 Å². The number of hydrogen-bond acceptors (Lipinski definition) is 4. The van der Waals surface area contributed by atoms with Crippen LogP contribution < -0.4 is 11.1 Å². The van der Waals surface area contributed by atoms with Gasteiger partial charge in [-0.15, -0.1) is 0 Å². The maximum atomic E-state index is 11.1. The second-order valence-corrected chi connectivity index (χ2v) is 2.83. The van der Waals surface area contributed by atoms with Gasteiger partial charge in [0.1, 0.15) is 6.04 Å². The predicted octanol–water partition coefficient (Wildman–Crippen LogP) is -0.983. The highest BCUT2D eigenvalue weighted by Gasteiger charge is 2.10. The number of carbonyl (C=O) groups is 1. The molecule has 0 aliphatic carbocycles. The van der Waals surface area contributed by atoms with Gasteiger partial charge in [0.2, 0.25) is 5.91 Å². The normalized spacial score (nSPS) is 12.1. The standard InChI is InChI=1S/C9H13N3O2/c10-8(6-13)9(14)12-5-7-3-1-2-4-11-7/h1-4,8,13H,5-6,10H2,(H,12,14)/t8-/m0/s1. The molecule has 0 saturated heterocycles. The summed E-state index contributed by atoms with van der Waals surface area (Å²) in [7, 11) is 0. The Hall–Kier alpha value is -1.46. The zero-order valence-corrected chi connectivity index (χ0v) is 7.68. The van der Waals surface area contributed by atoms with Gasteiger partial charge in [-0.3, -0.25) is 9.78 Å². The van der Waals surface area contributed by atoms with Crippen LogP contribution in [0, 0.1) is 0 Å². The lowest BCUT2D eigenvalue weighted by Gasteiger charge is -2.08. The average Bonchev–Trinajstić information content (AvgIpc) is 2.26. The van der Waals surface area contributed by atoms with E-state index >= 15 is 0 Å². The molecule has 0 aliphatic rings. The lowest BCUT2D eigenvalue weighted by molar-refractivity contribution is -0.123. The van der Waals surface area contributed by atoms with Crippen LogP contribution in [0.3, 0.4) is 0 Å². The Morgan fingerprint density at radius 3 is 3.00 bits per heavy atom. The van der Waals surface area contributed by atoms with Crippen LogP contribution in [-0.2, 0) is 11.3 Å². The molecule has 0 bridgehead atoms. The van der Waals surface area contributed by atoms with Gasteiger partial charge in [-0.05, 0) is 12.1 Å². The van der Waals surface area contributed by atoms with Crippen LogP contribution in [0.1, 0.15) is 5.69 Å². The van der Waals surface area contributed by atoms with Gasteiger partial charge in [-0.25, -0.2) is 0 Å². The molecule has 0 saturated carbocycles. The van der Waals surface area contributed by atoms with Gasteiger partial charge in [-0.1, -0.05) is 6.07 Å². The first-order valence-electron chi connectivity index (χ1n) is 4.28. The highest BCUT2D eigenvalue weighted by Crippen LogP contribution is 1.92. The minimum absolute atomic E-state index is 0.327. The summed E-state index contributed by atoms with van der Waals surface area (Å²) >= 11 is 0. The number of nitrogens with zero attached hydrogens (tertiary/aromatic N) is 1. The Kier molecular flexibility index (Phi) is 4.03. The van der Waals surface area contributed by atoms with Crippen molar-refractivity contribution in [1.29, 1.82) is 0 Å². The van der Waals surface area contributed by atoms with E-state index in [2.05, 4.69) is 10.3 Å². The molecule has 1 aromatic rings. The Morgan fingerprint density at radius 2 is 2.43 bits per heavy atom. The highest BCUT2D eigenvalue weighted by molar-refractivity contribution is 5.81. The van der Waals surface area contributed by atoms with Crippen molar-refractivity contribution in [2.24, 2.45) is 5.73 Å². The van der Waals surface area contributed by atoms with Gasteiger partial charge in [-0.2, -0.15) is 0 Å². The number of nitrogens with two attached hydrogens (primary N) is 1. The molecule has 1 aromatic heterocycles. The van der Waals surface area contributed by atoms with Crippen molar-refractivity contribution in [3.63, 3.8) is 0 Å². The number of hydrogen-bond donors (Lipinski definition) is 3. The molecule has 0 spiro atoms. The summed E-state index contributed by atoms with van der Waals surface area (Å²) in [5.74, 6) is -0.377. The summed E-state index contributed by atoms with van der Waals surface area (Å²) in [5.41, 5.74) is 6.05. The number of aliphatic hydroxyl groups excluding tert-OH is 1. The third kappa shape index (κ3) is 3.12. The summed E-state index contributed by atoms with van der Waals surface area (Å²) < 4.78 is 0. The molecule has 0 radical (unpaired) electrons. The number of amides is 1. The molecule has 76 valence electrons. The average molecular weight is 195 g/mol. The zero-order chi connectivity index (χ0) is 10.4. The molecule has 0 aliphatic heterocycles. The number of aromatic nitrogens is 1. The molecule has 4 N–H and O–H groups in total. The molecular weight excluding hydrogens is 182 g/mol. The quantitative estimate of drug-likeness (QED) is 0.576. The fourth-order valence-corrected chi connectivity index (χ4v) is 0.894. The second kappa shape index (κ2) is 5.31. The van der Waals surface area contributed by atoms with Crippen molar-refractivity contribution in [3.05, 3.63) is 30.1 Å². The molecule has 5 heteroatoms. The zero-order valence-electron chi connectivity index (χ0n) is 7.68. The van der Waals surface area contributed by atoms with Crippen LogP contribution in [0.4, 0.5) is 0 Å². The molecule has 1 atom stereocenters. The number of rotatable bonds is 4. The smallest absolute Gasteiger partial charge is 0.239 e. The largest absolute Gasteiger partial charge is 0.394 e. The molecule has 5 nitrogen and oxygen atoms in total. The number of carbonyl (C=O) groups excluding carboxylic acids is 1. The molecule has 0 unspecified atom stereocenters. The SMILES string of the molecule is N[C@@H](CO)C(=O)NCc1ccccn1. The van der Waals surface area contributed by atoms with Gasteiger partial charge in [0.25, 0.3) is 0 Å². The Morgan fingerprint density at radius 1 is 1.64 bits per heavy atom. The predicted molar refractivity (Wildman–Crippen MR) is 51.1 cm³/mol. The van der Waals surface area contributed by atoms with Crippen LogP contribution in [-0.4, -0.2) is 28.6 Å². The van der Waals surface area contributed by atoms with E-state index in [4.69, 9.17) is 10.8 Å². The first kappa shape index (κ1) is 10.6. The lowest BCUT2D eigenvalue weighted by atomic mass is 10.3. The van der Waals surface area contributed by atoms with Crippen molar-refractivity contribution >= 4 is 5.91 Å². The summed E-state index contributed by atoms with van der Waals surface area (Å²) in [5, 5.41) is 11.2. The van der Waals surface area contributed by atoms with E-state index in [0.717, 1.165) is 5.69 Å². The molecule has 0 fully saturated rings. The minimum atomic E-state index is -0.862. The summed E-state index contributed by atoms with van der Waals surface area (Å²) in [6, 6.07) is 4.56. The van der Waals surface area contributed by atoms with E-state index in [1.54, 1.807) is 18.3 Å². The van der Waals surface area contributed by atoms with E-state index < -0.39 is 6.04 Å². The van der Waals surface area contributed by atoms with Gasteiger partial charge in [0, 0.05) is 6.20 Å². The van der Waals surface area contributed by atoms with Gasteiger partial charge < -0.3 is 16.2 Å². The van der Waals surface area contributed by atoms with Crippen LogP contribution in [0.25, 0.3) is 0 Å². The first-order chi connectivity index (χ1) is 6.74. The molecule has 0 aromatic carbocycles. The lowest BCUT2D eigenvalue weighted by Crippen LogP contribution is -2.42. The number of aliphatic hydroxyl groups is 1. The van der Waals surface area contributed by atoms with Gasteiger partial charge in [0.05, 0.1) is 18.8 Å². The Labute approximate surface area is 82.0 Å². The number of pyridine rings is 1. The van der Waals surface area contributed by atoms with Gasteiger partial charge in [0.15, 0.2) is 0 Å². The second-order valence-electron chi connectivity index (χ2n) is 2.83. The third-order valence-corrected chi connectivity index (χ3v) is 1.70. The first-order valence-corrected chi connectivity index (χ1v) is 4.28. The van der Waals surface area contributed by atoms with Crippen LogP contribution in [0.15, 0.2) is 24.4 Å². The van der Waals surface area contributed by atoms with E-state index in [9.17, 15) is 4.79 Å².